The van der Waals surface area contributed by atoms with E-state index in [0.717, 1.165) is 35.1 Å². The normalized spacial score (nSPS) is 13.7. The molecule has 2 aromatic heterocycles. The Kier molecular flexibility index (Phi) is 4.37. The number of para-hydroxylation sites is 2. The number of nitrogens with zero attached hydrogens (tertiary/aromatic N) is 3. The van der Waals surface area contributed by atoms with Crippen LogP contribution in [-0.2, 0) is 0 Å². The lowest BCUT2D eigenvalue weighted by molar-refractivity contribution is 0.0951. The predicted octanol–water partition coefficient (Wildman–Crippen LogP) is 2.85. The molecule has 1 aliphatic carbocycles. The van der Waals surface area contributed by atoms with E-state index in [1.165, 1.54) is 0 Å². The molecule has 2 aromatic carbocycles. The third-order valence-electron chi connectivity index (χ3n) is 5.09. The van der Waals surface area contributed by atoms with Gasteiger partial charge in [-0.3, -0.25) is 9.20 Å². The SMILES string of the molecule is O=C(NC1CC1)c1ccc(-c2cnc3c(NCCO)nc4ccccc4n23)cc1. The highest BCUT2D eigenvalue weighted by molar-refractivity contribution is 5.95. The summed E-state index contributed by atoms with van der Waals surface area (Å²) in [6.45, 7) is 0.409. The lowest BCUT2D eigenvalue weighted by Gasteiger charge is -2.11. The van der Waals surface area contributed by atoms with Crippen molar-refractivity contribution in [2.24, 2.45) is 0 Å². The van der Waals surface area contributed by atoms with E-state index in [1.807, 2.05) is 54.7 Å². The third kappa shape index (κ3) is 3.30. The first kappa shape index (κ1) is 17.6. The molecule has 7 heteroatoms. The zero-order chi connectivity index (χ0) is 19.8. The summed E-state index contributed by atoms with van der Waals surface area (Å²) < 4.78 is 2.06. The van der Waals surface area contributed by atoms with Gasteiger partial charge >= 0.3 is 0 Å². The minimum Gasteiger partial charge on any atom is -0.395 e. The molecule has 0 spiro atoms. The molecule has 1 amide bonds. The molecular weight excluding hydrogens is 366 g/mol. The van der Waals surface area contributed by atoms with Crippen LogP contribution in [0.2, 0.25) is 0 Å². The van der Waals surface area contributed by atoms with E-state index < -0.39 is 0 Å². The number of imidazole rings is 1. The van der Waals surface area contributed by atoms with E-state index in [-0.39, 0.29) is 12.5 Å². The van der Waals surface area contributed by atoms with Crippen LogP contribution in [0.4, 0.5) is 5.82 Å². The highest BCUT2D eigenvalue weighted by Crippen LogP contribution is 2.28. The quantitative estimate of drug-likeness (QED) is 0.473. The van der Waals surface area contributed by atoms with Crippen molar-refractivity contribution >= 4 is 28.4 Å². The molecule has 1 fully saturated rings. The lowest BCUT2D eigenvalue weighted by atomic mass is 10.1. The van der Waals surface area contributed by atoms with Gasteiger partial charge in [0.25, 0.3) is 5.91 Å². The van der Waals surface area contributed by atoms with Crippen LogP contribution in [0.3, 0.4) is 0 Å². The molecule has 4 aromatic rings. The Morgan fingerprint density at radius 2 is 1.93 bits per heavy atom. The molecule has 0 bridgehead atoms. The molecule has 7 nitrogen and oxygen atoms in total. The first-order chi connectivity index (χ1) is 14.2. The van der Waals surface area contributed by atoms with Gasteiger partial charge in [0.2, 0.25) is 0 Å². The Labute approximate surface area is 167 Å². The van der Waals surface area contributed by atoms with Gasteiger partial charge in [0, 0.05) is 23.7 Å². The molecule has 0 aliphatic heterocycles. The lowest BCUT2D eigenvalue weighted by Crippen LogP contribution is -2.25. The Morgan fingerprint density at radius 3 is 2.69 bits per heavy atom. The van der Waals surface area contributed by atoms with Crippen LogP contribution in [0.25, 0.3) is 27.9 Å². The zero-order valence-corrected chi connectivity index (χ0v) is 15.8. The van der Waals surface area contributed by atoms with Crippen molar-refractivity contribution in [2.45, 2.75) is 18.9 Å². The van der Waals surface area contributed by atoms with E-state index in [2.05, 4.69) is 25.0 Å². The first-order valence-electron chi connectivity index (χ1n) is 9.77. The number of aliphatic hydroxyl groups excluding tert-OH is 1. The molecule has 1 aliphatic rings. The molecule has 2 heterocycles. The second kappa shape index (κ2) is 7.18. The van der Waals surface area contributed by atoms with Crippen molar-refractivity contribution in [3.05, 3.63) is 60.3 Å². The largest absolute Gasteiger partial charge is 0.395 e. The fourth-order valence-corrected chi connectivity index (χ4v) is 3.47. The van der Waals surface area contributed by atoms with Gasteiger partial charge in [0.1, 0.15) is 0 Å². The number of hydrogen-bond donors (Lipinski definition) is 3. The van der Waals surface area contributed by atoms with Crippen molar-refractivity contribution in [3.63, 3.8) is 0 Å². The number of rotatable bonds is 6. The summed E-state index contributed by atoms with van der Waals surface area (Å²) in [5.74, 6) is 0.603. The molecule has 1 saturated carbocycles. The van der Waals surface area contributed by atoms with Crippen LogP contribution in [0.15, 0.2) is 54.7 Å². The minimum atomic E-state index is -0.0256. The summed E-state index contributed by atoms with van der Waals surface area (Å²) in [5.41, 5.74) is 5.01. The number of nitrogens with one attached hydrogen (secondary N) is 2. The second-order valence-electron chi connectivity index (χ2n) is 7.23. The molecule has 29 heavy (non-hydrogen) atoms. The van der Waals surface area contributed by atoms with Crippen LogP contribution < -0.4 is 10.6 Å². The molecule has 3 N–H and O–H groups in total. The topological polar surface area (TPSA) is 91.5 Å². The molecule has 0 atom stereocenters. The fraction of sp³-hybridized carbons (Fsp3) is 0.227. The van der Waals surface area contributed by atoms with E-state index in [0.29, 0.717) is 29.6 Å². The standard InChI is InChI=1S/C22H21N5O2/c28-12-11-23-20-21-24-13-19(27(21)18-4-2-1-3-17(18)26-20)14-5-7-15(8-6-14)22(29)25-16-9-10-16/h1-8,13,16,28H,9-12H2,(H,23,26)(H,25,29). The molecule has 0 unspecified atom stereocenters. The van der Waals surface area contributed by atoms with Crippen LogP contribution in [0.5, 0.6) is 0 Å². The summed E-state index contributed by atoms with van der Waals surface area (Å²) >= 11 is 0. The monoisotopic (exact) mass is 387 g/mol. The summed E-state index contributed by atoms with van der Waals surface area (Å²) in [7, 11) is 0. The van der Waals surface area contributed by atoms with Gasteiger partial charge in [-0.2, -0.15) is 0 Å². The highest BCUT2D eigenvalue weighted by atomic mass is 16.3. The summed E-state index contributed by atoms with van der Waals surface area (Å²) in [5, 5.41) is 15.3. The van der Waals surface area contributed by atoms with E-state index in [4.69, 9.17) is 0 Å². The number of aliphatic hydroxyl groups is 1. The average molecular weight is 387 g/mol. The fourth-order valence-electron chi connectivity index (χ4n) is 3.47. The number of carbonyl (C=O) groups excluding carboxylic acids is 1. The number of aromatic nitrogens is 3. The van der Waals surface area contributed by atoms with Crippen molar-refractivity contribution in [1.29, 1.82) is 0 Å². The second-order valence-corrected chi connectivity index (χ2v) is 7.23. The highest BCUT2D eigenvalue weighted by Gasteiger charge is 2.23. The van der Waals surface area contributed by atoms with Crippen LogP contribution in [0, 0.1) is 0 Å². The van der Waals surface area contributed by atoms with Crippen molar-refractivity contribution in [3.8, 4) is 11.3 Å². The Balaban J connectivity index is 1.59. The number of carbonyl (C=O) groups is 1. The van der Waals surface area contributed by atoms with Crippen molar-refractivity contribution < 1.29 is 9.90 Å². The van der Waals surface area contributed by atoms with Gasteiger partial charge in [0.05, 0.1) is 29.5 Å². The van der Waals surface area contributed by atoms with Gasteiger partial charge in [0.15, 0.2) is 11.5 Å². The molecule has 5 rings (SSSR count). The minimum absolute atomic E-state index is 0.0125. The molecule has 0 saturated heterocycles. The maximum absolute atomic E-state index is 12.3. The predicted molar refractivity (Wildman–Crippen MR) is 112 cm³/mol. The Morgan fingerprint density at radius 1 is 1.14 bits per heavy atom. The number of benzene rings is 2. The van der Waals surface area contributed by atoms with Gasteiger partial charge in [-0.1, -0.05) is 24.3 Å². The summed E-state index contributed by atoms with van der Waals surface area (Å²) in [4.78, 5) is 21.5. The van der Waals surface area contributed by atoms with Crippen LogP contribution in [-0.4, -0.2) is 44.6 Å². The van der Waals surface area contributed by atoms with E-state index in [9.17, 15) is 9.90 Å². The Hall–Kier alpha value is -3.45. The van der Waals surface area contributed by atoms with Crippen LogP contribution >= 0.6 is 0 Å². The molecule has 146 valence electrons. The van der Waals surface area contributed by atoms with Crippen LogP contribution in [0.1, 0.15) is 23.2 Å². The summed E-state index contributed by atoms with van der Waals surface area (Å²) in [6, 6.07) is 15.8. The average Bonchev–Trinajstić information content (AvgIpc) is 3.46. The number of fused-ring (bicyclic) bond motifs is 3. The van der Waals surface area contributed by atoms with E-state index >= 15 is 0 Å². The number of anilines is 1. The van der Waals surface area contributed by atoms with Gasteiger partial charge < -0.3 is 15.7 Å². The van der Waals surface area contributed by atoms with Gasteiger partial charge in [-0.05, 0) is 37.1 Å². The van der Waals surface area contributed by atoms with Crippen molar-refractivity contribution in [1.82, 2.24) is 19.7 Å². The number of amides is 1. The van der Waals surface area contributed by atoms with Crippen molar-refractivity contribution in [2.75, 3.05) is 18.5 Å². The van der Waals surface area contributed by atoms with E-state index in [1.54, 1.807) is 0 Å². The maximum Gasteiger partial charge on any atom is 0.251 e. The molecule has 0 radical (unpaired) electrons. The third-order valence-corrected chi connectivity index (χ3v) is 5.09. The first-order valence-corrected chi connectivity index (χ1v) is 9.77. The Bertz CT molecular complexity index is 1200. The smallest absolute Gasteiger partial charge is 0.251 e. The van der Waals surface area contributed by atoms with Gasteiger partial charge in [-0.25, -0.2) is 9.97 Å². The number of hydrogen-bond acceptors (Lipinski definition) is 5. The molecular formula is C22H21N5O2. The maximum atomic E-state index is 12.3. The summed E-state index contributed by atoms with van der Waals surface area (Å²) in [6.07, 6.45) is 3.95. The zero-order valence-electron chi connectivity index (χ0n) is 15.8. The van der Waals surface area contributed by atoms with Gasteiger partial charge in [-0.15, -0.1) is 0 Å².